The molecule has 0 radical (unpaired) electrons. The van der Waals surface area contributed by atoms with E-state index in [1.54, 1.807) is 30.0 Å². The van der Waals surface area contributed by atoms with Crippen LogP contribution >= 0.6 is 11.6 Å². The molecule has 1 unspecified atom stereocenters. The van der Waals surface area contributed by atoms with Crippen molar-refractivity contribution in [2.24, 2.45) is 5.73 Å². The molecule has 1 aromatic carbocycles. The first-order valence-electron chi connectivity index (χ1n) is 9.34. The average molecular weight is 414 g/mol. The molecule has 0 saturated carbocycles. The zero-order valence-electron chi connectivity index (χ0n) is 15.8. The summed E-state index contributed by atoms with van der Waals surface area (Å²) in [6.45, 7) is 2.28. The lowest BCUT2D eigenvalue weighted by molar-refractivity contribution is 0.0605. The number of likely N-dealkylation sites (tertiary alicyclic amines) is 1. The van der Waals surface area contributed by atoms with Crippen LogP contribution in [-0.4, -0.2) is 38.6 Å². The number of halogens is 1. The molecule has 4 rings (SSSR count). The number of aromatic nitrogens is 3. The summed E-state index contributed by atoms with van der Waals surface area (Å²) >= 11 is 6.32. The lowest BCUT2D eigenvalue weighted by Crippen LogP contribution is -2.39. The number of nitrogens with two attached hydrogens (primary N) is 1. The van der Waals surface area contributed by atoms with Crippen molar-refractivity contribution in [2.75, 3.05) is 6.54 Å². The molecule has 2 amide bonds. The van der Waals surface area contributed by atoms with Gasteiger partial charge in [-0.25, -0.2) is 0 Å². The Hall–Kier alpha value is -3.13. The molecule has 150 valence electrons. The number of aromatic amines is 1. The molecule has 3 aromatic rings. The van der Waals surface area contributed by atoms with E-state index in [2.05, 4.69) is 15.4 Å². The highest BCUT2D eigenvalue weighted by Gasteiger charge is 2.34. The fraction of sp³-hybridized carbons (Fsp3) is 0.300. The molecule has 1 aliphatic heterocycles. The number of hydrogen-bond donors (Lipinski definition) is 2. The van der Waals surface area contributed by atoms with Crippen molar-refractivity contribution < 1.29 is 14.1 Å². The monoisotopic (exact) mass is 413 g/mol. The van der Waals surface area contributed by atoms with Gasteiger partial charge >= 0.3 is 0 Å². The third kappa shape index (κ3) is 3.51. The summed E-state index contributed by atoms with van der Waals surface area (Å²) in [6.07, 6.45) is 2.59. The summed E-state index contributed by atoms with van der Waals surface area (Å²) < 4.78 is 5.36. The molecule has 29 heavy (non-hydrogen) atoms. The van der Waals surface area contributed by atoms with E-state index in [0.717, 1.165) is 19.3 Å². The molecule has 1 aliphatic rings. The minimum atomic E-state index is -0.614. The Morgan fingerprint density at radius 1 is 1.31 bits per heavy atom. The number of piperidine rings is 1. The number of primary amides is 1. The van der Waals surface area contributed by atoms with Gasteiger partial charge in [-0.1, -0.05) is 35.0 Å². The molecule has 1 saturated heterocycles. The molecule has 3 N–H and O–H groups in total. The van der Waals surface area contributed by atoms with E-state index in [1.807, 2.05) is 12.1 Å². The maximum Gasteiger partial charge on any atom is 0.269 e. The van der Waals surface area contributed by atoms with Gasteiger partial charge in [0.2, 0.25) is 0 Å². The van der Waals surface area contributed by atoms with Crippen LogP contribution in [0.3, 0.4) is 0 Å². The van der Waals surface area contributed by atoms with Gasteiger partial charge in [0, 0.05) is 12.1 Å². The van der Waals surface area contributed by atoms with Crippen LogP contribution in [0.25, 0.3) is 11.3 Å². The first kappa shape index (κ1) is 19.2. The molecule has 1 fully saturated rings. The summed E-state index contributed by atoms with van der Waals surface area (Å²) in [7, 11) is 0. The van der Waals surface area contributed by atoms with E-state index in [1.165, 1.54) is 0 Å². The summed E-state index contributed by atoms with van der Waals surface area (Å²) in [5.41, 5.74) is 7.59. The molecule has 8 nitrogen and oxygen atoms in total. The van der Waals surface area contributed by atoms with Gasteiger partial charge in [-0.05, 0) is 38.3 Å². The molecule has 3 heterocycles. The Bertz CT molecular complexity index is 1070. The van der Waals surface area contributed by atoms with Crippen LogP contribution in [0.4, 0.5) is 0 Å². The third-order valence-electron chi connectivity index (χ3n) is 5.18. The highest BCUT2D eigenvalue weighted by atomic mass is 35.5. The summed E-state index contributed by atoms with van der Waals surface area (Å²) in [5, 5.41) is 11.4. The van der Waals surface area contributed by atoms with Gasteiger partial charge in [-0.2, -0.15) is 5.10 Å². The fourth-order valence-corrected chi connectivity index (χ4v) is 3.96. The lowest BCUT2D eigenvalue weighted by Gasteiger charge is -2.35. The predicted molar refractivity (Wildman–Crippen MR) is 106 cm³/mol. The first-order chi connectivity index (χ1) is 14.0. The highest BCUT2D eigenvalue weighted by Crippen LogP contribution is 2.36. The number of nitrogens with zero attached hydrogens (tertiary/aromatic N) is 3. The Labute approximate surface area is 172 Å². The van der Waals surface area contributed by atoms with E-state index in [9.17, 15) is 9.59 Å². The Kier molecular flexibility index (Phi) is 5.10. The molecule has 2 aromatic heterocycles. The van der Waals surface area contributed by atoms with E-state index in [0.29, 0.717) is 39.8 Å². The van der Waals surface area contributed by atoms with Crippen LogP contribution in [0.5, 0.6) is 0 Å². The minimum absolute atomic E-state index is 0.149. The van der Waals surface area contributed by atoms with E-state index >= 15 is 0 Å². The van der Waals surface area contributed by atoms with Gasteiger partial charge in [0.15, 0.2) is 0 Å². The number of benzene rings is 1. The van der Waals surface area contributed by atoms with Crippen LogP contribution in [0, 0.1) is 6.92 Å². The lowest BCUT2D eigenvalue weighted by atomic mass is 9.96. The number of H-pyrrole nitrogens is 1. The standard InChI is InChI=1S/C20H20ClN5O3/c1-11-17(18(25-29-11)12-6-2-3-7-13(12)21)20(28)26-9-5-4-8-16(26)14-10-15(19(22)27)24-23-14/h2-3,6-7,10,16H,4-5,8-9H2,1H3,(H2,22,27)(H,23,24). The van der Waals surface area contributed by atoms with Crippen molar-refractivity contribution in [3.8, 4) is 11.3 Å². The van der Waals surface area contributed by atoms with Gasteiger partial charge in [0.25, 0.3) is 11.8 Å². The van der Waals surface area contributed by atoms with Gasteiger partial charge < -0.3 is 15.2 Å². The molecule has 9 heteroatoms. The number of amides is 2. The first-order valence-corrected chi connectivity index (χ1v) is 9.72. The van der Waals surface area contributed by atoms with Gasteiger partial charge in [-0.3, -0.25) is 14.7 Å². The second kappa shape index (κ2) is 7.71. The Morgan fingerprint density at radius 3 is 2.83 bits per heavy atom. The summed E-state index contributed by atoms with van der Waals surface area (Å²) in [5.74, 6) is -0.382. The number of rotatable bonds is 4. The van der Waals surface area contributed by atoms with E-state index in [4.69, 9.17) is 21.9 Å². The van der Waals surface area contributed by atoms with Crippen LogP contribution in [0.15, 0.2) is 34.9 Å². The molecule has 0 bridgehead atoms. The van der Waals surface area contributed by atoms with Crippen LogP contribution in [0.1, 0.15) is 57.6 Å². The normalized spacial score (nSPS) is 16.8. The third-order valence-corrected chi connectivity index (χ3v) is 5.51. The SMILES string of the molecule is Cc1onc(-c2ccccc2Cl)c1C(=O)N1CCCCC1c1cc(C(N)=O)n[nH]1. The quantitative estimate of drug-likeness (QED) is 0.678. The van der Waals surface area contributed by atoms with Crippen LogP contribution in [-0.2, 0) is 0 Å². The minimum Gasteiger partial charge on any atom is -0.364 e. The van der Waals surface area contributed by atoms with E-state index in [-0.39, 0.29) is 17.6 Å². The maximum absolute atomic E-state index is 13.6. The second-order valence-electron chi connectivity index (χ2n) is 7.03. The number of nitrogens with one attached hydrogen (secondary N) is 1. The van der Waals surface area contributed by atoms with Crippen molar-refractivity contribution in [3.63, 3.8) is 0 Å². The molecular weight excluding hydrogens is 394 g/mol. The molecule has 1 atom stereocenters. The number of carbonyl (C=O) groups is 2. The summed E-state index contributed by atoms with van der Waals surface area (Å²) in [4.78, 5) is 26.7. The topological polar surface area (TPSA) is 118 Å². The fourth-order valence-electron chi connectivity index (χ4n) is 3.74. The Morgan fingerprint density at radius 2 is 2.10 bits per heavy atom. The van der Waals surface area contributed by atoms with Gasteiger partial charge in [-0.15, -0.1) is 0 Å². The van der Waals surface area contributed by atoms with Crippen LogP contribution < -0.4 is 5.73 Å². The highest BCUT2D eigenvalue weighted by molar-refractivity contribution is 6.33. The zero-order valence-corrected chi connectivity index (χ0v) is 16.6. The smallest absolute Gasteiger partial charge is 0.269 e. The van der Waals surface area contributed by atoms with Crippen LogP contribution in [0.2, 0.25) is 5.02 Å². The van der Waals surface area contributed by atoms with Crippen molar-refractivity contribution >= 4 is 23.4 Å². The van der Waals surface area contributed by atoms with Crippen molar-refractivity contribution in [2.45, 2.75) is 32.2 Å². The van der Waals surface area contributed by atoms with Gasteiger partial charge in [0.1, 0.15) is 22.7 Å². The molecule has 0 spiro atoms. The molecule has 0 aliphatic carbocycles. The van der Waals surface area contributed by atoms with Gasteiger partial charge in [0.05, 0.1) is 16.8 Å². The largest absolute Gasteiger partial charge is 0.364 e. The summed E-state index contributed by atoms with van der Waals surface area (Å²) in [6, 6.07) is 8.56. The average Bonchev–Trinajstić information content (AvgIpc) is 3.35. The predicted octanol–water partition coefficient (Wildman–Crippen LogP) is 3.49. The number of aryl methyl sites for hydroxylation is 1. The van der Waals surface area contributed by atoms with E-state index < -0.39 is 5.91 Å². The number of hydrogen-bond acceptors (Lipinski definition) is 5. The second-order valence-corrected chi connectivity index (χ2v) is 7.43. The van der Waals surface area contributed by atoms with Crippen molar-refractivity contribution in [1.82, 2.24) is 20.3 Å². The van der Waals surface area contributed by atoms with Crippen molar-refractivity contribution in [3.05, 3.63) is 58.1 Å². The Balaban J connectivity index is 1.72. The number of carbonyl (C=O) groups excluding carboxylic acids is 2. The van der Waals surface area contributed by atoms with Crippen molar-refractivity contribution in [1.29, 1.82) is 0 Å². The zero-order chi connectivity index (χ0) is 20.5. The maximum atomic E-state index is 13.6. The molecular formula is C20H20ClN5O3.